The largest absolute Gasteiger partial charge is 0.393 e. The molecule has 1 N–H and O–H groups in total. The van der Waals surface area contributed by atoms with Gasteiger partial charge in [-0.1, -0.05) is 41.4 Å². The zero-order valence-corrected chi connectivity index (χ0v) is 15.0. The quantitative estimate of drug-likeness (QED) is 0.476. The monoisotopic (exact) mass is 352 g/mol. The van der Waals surface area contributed by atoms with Crippen LogP contribution in [0.3, 0.4) is 0 Å². The van der Waals surface area contributed by atoms with Crippen LogP contribution in [0.4, 0.5) is 0 Å². The fraction of sp³-hybridized carbons (Fsp3) is 0.895. The van der Waals surface area contributed by atoms with Gasteiger partial charge in [0.05, 0.1) is 6.10 Å². The third-order valence-corrected chi connectivity index (χ3v) is 9.47. The summed E-state index contributed by atoms with van der Waals surface area (Å²) in [4.78, 5) is 0.738. The molecule has 0 heterocycles. The summed E-state index contributed by atoms with van der Waals surface area (Å²) in [5, 5.41) is 10.0. The summed E-state index contributed by atoms with van der Waals surface area (Å²) in [6.45, 7) is 5.07. The predicted octanol–water partition coefficient (Wildman–Crippen LogP) is 5.07. The molecule has 0 aromatic heterocycles. The molecule has 4 aliphatic rings. The fourth-order valence-electron chi connectivity index (χ4n) is 6.58. The first-order valence-electron chi connectivity index (χ1n) is 8.97. The van der Waals surface area contributed by atoms with Crippen LogP contribution in [-0.2, 0) is 0 Å². The zero-order valence-electron chi connectivity index (χ0n) is 13.4. The van der Waals surface area contributed by atoms with Crippen LogP contribution < -0.4 is 0 Å². The Morgan fingerprint density at radius 2 is 1.90 bits per heavy atom. The molecule has 0 saturated heterocycles. The molecular formula is C19H29BrO. The predicted molar refractivity (Wildman–Crippen MR) is 90.4 cm³/mol. The van der Waals surface area contributed by atoms with E-state index in [1.165, 1.54) is 38.5 Å². The van der Waals surface area contributed by atoms with Gasteiger partial charge in [-0.15, -0.1) is 0 Å². The molecule has 0 bridgehead atoms. The molecule has 7 atom stereocenters. The van der Waals surface area contributed by atoms with E-state index in [4.69, 9.17) is 0 Å². The number of halogens is 1. The maximum atomic E-state index is 10.0. The van der Waals surface area contributed by atoms with Crippen LogP contribution in [0.5, 0.6) is 0 Å². The Morgan fingerprint density at radius 1 is 1.10 bits per heavy atom. The van der Waals surface area contributed by atoms with E-state index < -0.39 is 0 Å². The van der Waals surface area contributed by atoms with Crippen molar-refractivity contribution in [3.05, 3.63) is 11.6 Å². The Morgan fingerprint density at radius 3 is 2.71 bits per heavy atom. The molecule has 0 aromatic rings. The van der Waals surface area contributed by atoms with Crippen LogP contribution in [0.15, 0.2) is 11.6 Å². The Bertz CT molecular complexity index is 472. The molecule has 0 aliphatic heterocycles. The minimum absolute atomic E-state index is 0.0758. The first kappa shape index (κ1) is 14.8. The first-order valence-corrected chi connectivity index (χ1v) is 9.88. The van der Waals surface area contributed by atoms with Gasteiger partial charge in [-0.2, -0.15) is 0 Å². The number of alkyl halides is 1. The maximum Gasteiger partial charge on any atom is 0.0577 e. The van der Waals surface area contributed by atoms with Gasteiger partial charge >= 0.3 is 0 Å². The number of aliphatic hydroxyl groups is 1. The highest BCUT2D eigenvalue weighted by Crippen LogP contribution is 2.65. The summed E-state index contributed by atoms with van der Waals surface area (Å²) in [5.41, 5.74) is 2.53. The van der Waals surface area contributed by atoms with Gasteiger partial charge in [0.25, 0.3) is 0 Å². The lowest BCUT2D eigenvalue weighted by Crippen LogP contribution is -2.50. The average Bonchev–Trinajstić information content (AvgIpc) is 2.76. The molecule has 1 nitrogen and oxygen atoms in total. The Kier molecular flexibility index (Phi) is 3.40. The second kappa shape index (κ2) is 4.84. The molecule has 0 amide bonds. The molecule has 3 saturated carbocycles. The first-order chi connectivity index (χ1) is 9.95. The molecule has 4 rings (SSSR count). The molecule has 3 fully saturated rings. The van der Waals surface area contributed by atoms with Gasteiger partial charge in [0.2, 0.25) is 0 Å². The fourth-order valence-corrected chi connectivity index (χ4v) is 7.41. The van der Waals surface area contributed by atoms with E-state index in [9.17, 15) is 5.11 Å². The molecule has 118 valence electrons. The number of hydrogen-bond donors (Lipinski definition) is 1. The summed E-state index contributed by atoms with van der Waals surface area (Å²) in [5.74, 6) is 2.69. The highest BCUT2D eigenvalue weighted by atomic mass is 79.9. The zero-order chi connectivity index (χ0) is 14.8. The average molecular weight is 353 g/mol. The van der Waals surface area contributed by atoms with Crippen molar-refractivity contribution in [2.45, 2.75) is 76.1 Å². The van der Waals surface area contributed by atoms with Gasteiger partial charge < -0.3 is 5.11 Å². The van der Waals surface area contributed by atoms with Gasteiger partial charge in [0.1, 0.15) is 0 Å². The van der Waals surface area contributed by atoms with E-state index in [0.717, 1.165) is 35.4 Å². The summed E-state index contributed by atoms with van der Waals surface area (Å²) < 4.78 is 0. The van der Waals surface area contributed by atoms with Gasteiger partial charge in [0.15, 0.2) is 0 Å². The van der Waals surface area contributed by atoms with Crippen molar-refractivity contribution in [1.29, 1.82) is 0 Å². The van der Waals surface area contributed by atoms with E-state index in [1.807, 2.05) is 0 Å². The lowest BCUT2D eigenvalue weighted by Gasteiger charge is -2.57. The summed E-state index contributed by atoms with van der Waals surface area (Å²) in [6, 6.07) is 0. The van der Waals surface area contributed by atoms with Crippen molar-refractivity contribution in [1.82, 2.24) is 0 Å². The number of allylic oxidation sites excluding steroid dienone is 1. The van der Waals surface area contributed by atoms with E-state index in [-0.39, 0.29) is 6.10 Å². The number of hydrogen-bond acceptors (Lipinski definition) is 1. The molecule has 21 heavy (non-hydrogen) atoms. The van der Waals surface area contributed by atoms with Crippen molar-refractivity contribution < 1.29 is 5.11 Å². The maximum absolute atomic E-state index is 10.0. The second-order valence-corrected chi connectivity index (χ2v) is 9.85. The third kappa shape index (κ3) is 1.97. The van der Waals surface area contributed by atoms with Crippen molar-refractivity contribution in [3.63, 3.8) is 0 Å². The molecular weight excluding hydrogens is 324 g/mol. The van der Waals surface area contributed by atoms with Gasteiger partial charge in [-0.3, -0.25) is 0 Å². The Labute approximate surface area is 137 Å². The van der Waals surface area contributed by atoms with Crippen LogP contribution in [0, 0.1) is 28.6 Å². The Hall–Kier alpha value is 0.180. The van der Waals surface area contributed by atoms with Gasteiger partial charge in [-0.25, -0.2) is 0 Å². The van der Waals surface area contributed by atoms with E-state index in [1.54, 1.807) is 5.57 Å². The van der Waals surface area contributed by atoms with Crippen LogP contribution in [-0.4, -0.2) is 16.0 Å². The van der Waals surface area contributed by atoms with Crippen molar-refractivity contribution in [3.8, 4) is 0 Å². The minimum Gasteiger partial charge on any atom is -0.393 e. The Balaban J connectivity index is 1.68. The molecule has 3 unspecified atom stereocenters. The second-order valence-electron chi connectivity index (χ2n) is 8.75. The lowest BCUT2D eigenvalue weighted by atomic mass is 9.48. The lowest BCUT2D eigenvalue weighted by molar-refractivity contribution is -0.0342. The molecule has 2 heteroatoms. The normalized spacial score (nSPS) is 56.2. The molecule has 0 radical (unpaired) electrons. The van der Waals surface area contributed by atoms with E-state index >= 15 is 0 Å². The van der Waals surface area contributed by atoms with Crippen LogP contribution in [0.2, 0.25) is 0 Å². The van der Waals surface area contributed by atoms with Crippen molar-refractivity contribution in [2.75, 3.05) is 0 Å². The number of rotatable bonds is 0. The minimum atomic E-state index is -0.0758. The number of aliphatic hydroxyl groups excluding tert-OH is 1. The topological polar surface area (TPSA) is 20.2 Å². The highest BCUT2D eigenvalue weighted by molar-refractivity contribution is 9.09. The van der Waals surface area contributed by atoms with Gasteiger partial charge in [0, 0.05) is 4.83 Å². The van der Waals surface area contributed by atoms with Crippen LogP contribution in [0.1, 0.15) is 65.2 Å². The summed E-state index contributed by atoms with van der Waals surface area (Å²) >= 11 is 3.99. The summed E-state index contributed by atoms with van der Waals surface area (Å²) in [7, 11) is 0. The molecule has 4 aliphatic carbocycles. The van der Waals surface area contributed by atoms with Crippen molar-refractivity contribution >= 4 is 15.9 Å². The third-order valence-electron chi connectivity index (χ3n) is 7.96. The molecule has 0 spiro atoms. The SMILES string of the molecule is C[C@]12CC[C@H](O)CC1=CCC1C2CC[C@@]2(C)C1CC[C@@H]2Br. The summed E-state index contributed by atoms with van der Waals surface area (Å²) in [6.07, 6.45) is 12.5. The van der Waals surface area contributed by atoms with Crippen LogP contribution in [0.25, 0.3) is 0 Å². The van der Waals surface area contributed by atoms with E-state index in [0.29, 0.717) is 10.8 Å². The van der Waals surface area contributed by atoms with Crippen LogP contribution >= 0.6 is 15.9 Å². The number of fused-ring (bicyclic) bond motifs is 5. The van der Waals surface area contributed by atoms with Crippen molar-refractivity contribution in [2.24, 2.45) is 28.6 Å². The highest BCUT2D eigenvalue weighted by Gasteiger charge is 2.58. The van der Waals surface area contributed by atoms with Gasteiger partial charge in [-0.05, 0) is 80.0 Å². The smallest absolute Gasteiger partial charge is 0.0577 e. The molecule has 0 aromatic carbocycles. The van der Waals surface area contributed by atoms with E-state index in [2.05, 4.69) is 35.9 Å². The standard InChI is InChI=1S/C19H29BrO/c1-18-9-7-13(21)11-12(18)3-4-14-15-5-6-17(20)19(15,2)10-8-16(14)18/h3,13-17,21H,4-11H2,1-2H3/t13-,14?,15?,16?,17-,18-,19-/m0/s1.